The molecule has 1 saturated heterocycles. The van der Waals surface area contributed by atoms with Gasteiger partial charge in [0.25, 0.3) is 5.91 Å². The van der Waals surface area contributed by atoms with Crippen LogP contribution in [0.1, 0.15) is 28.8 Å². The number of halogens is 2. The van der Waals surface area contributed by atoms with Crippen LogP contribution in [0.3, 0.4) is 0 Å². The third-order valence-corrected chi connectivity index (χ3v) is 6.80. The second kappa shape index (κ2) is 7.76. The van der Waals surface area contributed by atoms with Crippen LogP contribution in [-0.2, 0) is 23.2 Å². The molecule has 9 heteroatoms. The Labute approximate surface area is 193 Å². The number of carbonyl (C=O) groups excluding carboxylic acids is 3. The van der Waals surface area contributed by atoms with Crippen LogP contribution in [0.15, 0.2) is 42.6 Å². The van der Waals surface area contributed by atoms with Crippen LogP contribution >= 0.6 is 23.2 Å². The van der Waals surface area contributed by atoms with Gasteiger partial charge in [0.2, 0.25) is 11.8 Å². The molecule has 1 N–H and O–H groups in total. The molecule has 1 atom stereocenters. The number of benzene rings is 2. The molecule has 0 spiro atoms. The zero-order valence-corrected chi connectivity index (χ0v) is 18.6. The molecule has 2 aliphatic heterocycles. The molecule has 1 fully saturated rings. The smallest absolute Gasteiger partial charge is 0.255 e. The quantitative estimate of drug-likeness (QED) is 0.592. The fraction of sp³-hybridized carbons (Fsp3) is 0.217. The number of hydrogen-bond acceptors (Lipinski definition) is 4. The Balaban J connectivity index is 1.52. The van der Waals surface area contributed by atoms with E-state index < -0.39 is 11.9 Å². The molecule has 2 aromatic carbocycles. The maximum atomic E-state index is 13.0. The number of rotatable bonds is 3. The summed E-state index contributed by atoms with van der Waals surface area (Å²) in [6.07, 6.45) is 2.31. The molecular weight excluding hydrogens is 451 g/mol. The second-order valence-corrected chi connectivity index (χ2v) is 8.69. The van der Waals surface area contributed by atoms with Gasteiger partial charge in [-0.25, -0.2) is 0 Å². The van der Waals surface area contributed by atoms with Crippen LogP contribution in [0, 0.1) is 0 Å². The van der Waals surface area contributed by atoms with Crippen LogP contribution in [-0.4, -0.2) is 38.4 Å². The third kappa shape index (κ3) is 3.29. The SMILES string of the molecule is Cn1ncc(-c2ccc3c(c2)CN(C2CCC(=O)NC2=O)C3=O)c1-c1cccc(Cl)c1Cl. The number of piperidine rings is 1. The van der Waals surface area contributed by atoms with Gasteiger partial charge in [0.15, 0.2) is 0 Å². The normalized spacial score (nSPS) is 18.2. The van der Waals surface area contributed by atoms with Gasteiger partial charge < -0.3 is 4.90 Å². The van der Waals surface area contributed by atoms with Gasteiger partial charge in [-0.3, -0.25) is 24.4 Å². The lowest BCUT2D eigenvalue weighted by molar-refractivity contribution is -0.136. The number of aryl methyl sites for hydroxylation is 1. The van der Waals surface area contributed by atoms with Crippen molar-refractivity contribution in [3.05, 3.63) is 63.8 Å². The van der Waals surface area contributed by atoms with E-state index in [1.54, 1.807) is 23.0 Å². The monoisotopic (exact) mass is 468 g/mol. The Bertz CT molecular complexity index is 1300. The summed E-state index contributed by atoms with van der Waals surface area (Å²) >= 11 is 12.7. The maximum Gasteiger partial charge on any atom is 0.255 e. The molecule has 0 saturated carbocycles. The summed E-state index contributed by atoms with van der Waals surface area (Å²) in [4.78, 5) is 38.2. The number of nitrogens with one attached hydrogen (secondary N) is 1. The molecule has 3 aromatic rings. The Morgan fingerprint density at radius 1 is 1.06 bits per heavy atom. The van der Waals surface area contributed by atoms with Crippen molar-refractivity contribution in [1.29, 1.82) is 0 Å². The highest BCUT2D eigenvalue weighted by molar-refractivity contribution is 6.43. The molecule has 32 heavy (non-hydrogen) atoms. The highest BCUT2D eigenvalue weighted by Gasteiger charge is 2.39. The van der Waals surface area contributed by atoms with Crippen molar-refractivity contribution < 1.29 is 14.4 Å². The second-order valence-electron chi connectivity index (χ2n) is 7.90. The van der Waals surface area contributed by atoms with Gasteiger partial charge in [-0.2, -0.15) is 5.10 Å². The lowest BCUT2D eigenvalue weighted by Crippen LogP contribution is -2.52. The van der Waals surface area contributed by atoms with E-state index in [1.165, 1.54) is 4.90 Å². The highest BCUT2D eigenvalue weighted by Crippen LogP contribution is 2.40. The van der Waals surface area contributed by atoms with E-state index in [2.05, 4.69) is 10.4 Å². The summed E-state index contributed by atoms with van der Waals surface area (Å²) < 4.78 is 1.74. The molecular formula is C23H18Cl2N4O3. The number of nitrogens with zero attached hydrogens (tertiary/aromatic N) is 3. The van der Waals surface area contributed by atoms with Crippen LogP contribution in [0.2, 0.25) is 10.0 Å². The first-order valence-electron chi connectivity index (χ1n) is 10.1. The molecule has 3 heterocycles. The Kier molecular flexibility index (Phi) is 5.03. The molecule has 0 aliphatic carbocycles. The predicted molar refractivity (Wildman–Crippen MR) is 120 cm³/mol. The molecule has 7 nitrogen and oxygen atoms in total. The summed E-state index contributed by atoms with van der Waals surface area (Å²) in [5.74, 6) is -0.931. The molecule has 2 aliphatic rings. The van der Waals surface area contributed by atoms with Gasteiger partial charge in [-0.05, 0) is 35.7 Å². The van der Waals surface area contributed by atoms with Crippen molar-refractivity contribution in [2.75, 3.05) is 0 Å². The van der Waals surface area contributed by atoms with Crippen LogP contribution < -0.4 is 5.32 Å². The average molecular weight is 469 g/mol. The van der Waals surface area contributed by atoms with Crippen molar-refractivity contribution in [1.82, 2.24) is 20.0 Å². The van der Waals surface area contributed by atoms with Gasteiger partial charge in [0.05, 0.1) is 21.9 Å². The summed E-state index contributed by atoms with van der Waals surface area (Å²) in [7, 11) is 1.83. The van der Waals surface area contributed by atoms with Crippen molar-refractivity contribution in [2.24, 2.45) is 7.05 Å². The Hall–Kier alpha value is -3.16. The minimum atomic E-state index is -0.643. The molecule has 1 aromatic heterocycles. The van der Waals surface area contributed by atoms with Crippen LogP contribution in [0.5, 0.6) is 0 Å². The van der Waals surface area contributed by atoms with E-state index in [4.69, 9.17) is 23.2 Å². The minimum Gasteiger partial charge on any atom is -0.322 e. The van der Waals surface area contributed by atoms with Gasteiger partial charge >= 0.3 is 0 Å². The van der Waals surface area contributed by atoms with E-state index in [0.717, 1.165) is 27.9 Å². The number of amides is 3. The van der Waals surface area contributed by atoms with Crippen LogP contribution in [0.25, 0.3) is 22.4 Å². The van der Waals surface area contributed by atoms with Gasteiger partial charge in [-0.1, -0.05) is 41.4 Å². The third-order valence-electron chi connectivity index (χ3n) is 5.98. The fourth-order valence-electron chi connectivity index (χ4n) is 4.40. The van der Waals surface area contributed by atoms with E-state index in [1.807, 2.05) is 31.3 Å². The minimum absolute atomic E-state index is 0.203. The number of fused-ring (bicyclic) bond motifs is 1. The van der Waals surface area contributed by atoms with Crippen molar-refractivity contribution in [3.8, 4) is 22.4 Å². The molecule has 162 valence electrons. The van der Waals surface area contributed by atoms with E-state index in [9.17, 15) is 14.4 Å². The van der Waals surface area contributed by atoms with Crippen molar-refractivity contribution in [2.45, 2.75) is 25.4 Å². The Morgan fingerprint density at radius 3 is 2.66 bits per heavy atom. The predicted octanol–water partition coefficient (Wildman–Crippen LogP) is 3.82. The largest absolute Gasteiger partial charge is 0.322 e. The maximum absolute atomic E-state index is 13.0. The molecule has 5 rings (SSSR count). The first-order chi connectivity index (χ1) is 15.3. The molecule has 0 bridgehead atoms. The Morgan fingerprint density at radius 2 is 1.88 bits per heavy atom. The van der Waals surface area contributed by atoms with Gasteiger partial charge in [-0.15, -0.1) is 0 Å². The number of aromatic nitrogens is 2. The molecule has 1 unspecified atom stereocenters. The summed E-state index contributed by atoms with van der Waals surface area (Å²) in [5.41, 5.74) is 4.68. The highest BCUT2D eigenvalue weighted by atomic mass is 35.5. The van der Waals surface area contributed by atoms with Crippen molar-refractivity contribution >= 4 is 40.9 Å². The fourth-order valence-corrected chi connectivity index (χ4v) is 4.79. The first kappa shape index (κ1) is 20.7. The summed E-state index contributed by atoms with van der Waals surface area (Å²) in [5, 5.41) is 7.63. The van der Waals surface area contributed by atoms with Gasteiger partial charge in [0, 0.05) is 36.7 Å². The lowest BCUT2D eigenvalue weighted by atomic mass is 9.98. The number of imide groups is 1. The zero-order chi connectivity index (χ0) is 22.6. The molecule has 0 radical (unpaired) electrons. The van der Waals surface area contributed by atoms with E-state index in [0.29, 0.717) is 28.6 Å². The van der Waals surface area contributed by atoms with Crippen molar-refractivity contribution in [3.63, 3.8) is 0 Å². The zero-order valence-electron chi connectivity index (χ0n) is 17.1. The number of carbonyl (C=O) groups is 3. The van der Waals surface area contributed by atoms with Crippen LogP contribution in [0.4, 0.5) is 0 Å². The molecule has 3 amide bonds. The number of hydrogen-bond donors (Lipinski definition) is 1. The standard InChI is InChI=1S/C23H18Cl2N4O3/c1-28-21(15-3-2-4-17(24)20(15)25)16(10-26-28)12-5-6-14-13(9-12)11-29(23(14)32)18-7-8-19(30)27-22(18)31/h2-6,9-10,18H,7-8,11H2,1H3,(H,27,30,31). The lowest BCUT2D eigenvalue weighted by Gasteiger charge is -2.29. The van der Waals surface area contributed by atoms with E-state index in [-0.39, 0.29) is 18.2 Å². The summed E-state index contributed by atoms with van der Waals surface area (Å²) in [6, 6.07) is 10.4. The first-order valence-corrected chi connectivity index (χ1v) is 10.8. The van der Waals surface area contributed by atoms with Gasteiger partial charge in [0.1, 0.15) is 6.04 Å². The average Bonchev–Trinajstić information content (AvgIpc) is 3.30. The summed E-state index contributed by atoms with van der Waals surface area (Å²) in [6.45, 7) is 0.307. The topological polar surface area (TPSA) is 84.3 Å². The van der Waals surface area contributed by atoms with E-state index >= 15 is 0 Å².